The van der Waals surface area contributed by atoms with Crippen LogP contribution in [0.2, 0.25) is 10.0 Å². The Morgan fingerprint density at radius 3 is 2.16 bits per heavy atom. The van der Waals surface area contributed by atoms with Crippen molar-refractivity contribution in [1.82, 2.24) is 0 Å². The van der Waals surface area contributed by atoms with Gasteiger partial charge in [-0.15, -0.1) is 0 Å². The van der Waals surface area contributed by atoms with Crippen molar-refractivity contribution in [2.75, 3.05) is 29.2 Å². The largest absolute Gasteiger partial charge is 0.495 e. The van der Waals surface area contributed by atoms with Crippen molar-refractivity contribution in [2.45, 2.75) is 0 Å². The predicted octanol–water partition coefficient (Wildman–Crippen LogP) is 6.15. The number of hydrogen-bond acceptors (Lipinski definition) is 5. The molecule has 0 aromatic heterocycles. The first-order valence-electron chi connectivity index (χ1n) is 9.21. The molecule has 3 amide bonds. The van der Waals surface area contributed by atoms with Gasteiger partial charge in [-0.05, 0) is 42.5 Å². The third kappa shape index (κ3) is 5.40. The summed E-state index contributed by atoms with van der Waals surface area (Å²) >= 11 is 16.5. The molecule has 0 spiro atoms. The maximum atomic E-state index is 12.7. The first-order chi connectivity index (χ1) is 15.3. The number of nitrogens with zero attached hydrogens (tertiary/aromatic N) is 1. The Kier molecular flexibility index (Phi) is 7.74. The number of thiol groups is 1. The molecule has 0 saturated heterocycles. The van der Waals surface area contributed by atoms with Crippen LogP contribution in [-0.2, 0) is 0 Å². The summed E-state index contributed by atoms with van der Waals surface area (Å²) < 4.78 is 11.5. The van der Waals surface area contributed by atoms with Crippen LogP contribution in [0.1, 0.15) is 10.4 Å². The molecule has 3 rings (SSSR count). The number of amides is 3. The van der Waals surface area contributed by atoms with E-state index in [0.717, 1.165) is 4.31 Å². The van der Waals surface area contributed by atoms with Gasteiger partial charge >= 0.3 is 6.03 Å². The minimum Gasteiger partial charge on any atom is -0.495 e. The van der Waals surface area contributed by atoms with E-state index in [4.69, 9.17) is 32.7 Å². The molecular weight excluding hydrogens is 473 g/mol. The van der Waals surface area contributed by atoms with Crippen LogP contribution in [0.4, 0.5) is 21.9 Å². The minimum atomic E-state index is -0.541. The van der Waals surface area contributed by atoms with Crippen molar-refractivity contribution in [3.05, 3.63) is 76.3 Å². The highest BCUT2D eigenvalue weighted by molar-refractivity contribution is 7.82. The molecular formula is C22H19Cl2N3O4S. The molecule has 0 atom stereocenters. The summed E-state index contributed by atoms with van der Waals surface area (Å²) in [7, 11) is 2.95. The molecule has 0 heterocycles. The van der Waals surface area contributed by atoms with Crippen LogP contribution in [-0.4, -0.2) is 26.2 Å². The van der Waals surface area contributed by atoms with Gasteiger partial charge in [0, 0.05) is 11.8 Å². The van der Waals surface area contributed by atoms with Gasteiger partial charge < -0.3 is 20.1 Å². The zero-order valence-electron chi connectivity index (χ0n) is 17.1. The molecule has 0 unspecified atom stereocenters. The SMILES string of the molecule is COc1cc(OC)c(NC(=O)N(S)c2ccc(NC(=O)c3ccccc3Cl)cc2)cc1Cl. The van der Waals surface area contributed by atoms with Gasteiger partial charge in [-0.3, -0.25) is 4.79 Å². The van der Waals surface area contributed by atoms with E-state index < -0.39 is 6.03 Å². The van der Waals surface area contributed by atoms with Gasteiger partial charge in [0.1, 0.15) is 11.5 Å². The van der Waals surface area contributed by atoms with Crippen LogP contribution in [0.5, 0.6) is 11.5 Å². The summed E-state index contributed by atoms with van der Waals surface area (Å²) in [5, 5.41) is 6.11. The van der Waals surface area contributed by atoms with Gasteiger partial charge in [0.2, 0.25) is 0 Å². The molecule has 166 valence electrons. The van der Waals surface area contributed by atoms with E-state index in [-0.39, 0.29) is 5.91 Å². The second-order valence-corrected chi connectivity index (χ2v) is 7.62. The fourth-order valence-corrected chi connectivity index (χ4v) is 3.42. The number of nitrogens with one attached hydrogen (secondary N) is 2. The molecule has 0 fully saturated rings. The van der Waals surface area contributed by atoms with Crippen LogP contribution in [0, 0.1) is 0 Å². The van der Waals surface area contributed by atoms with E-state index in [1.807, 2.05) is 0 Å². The zero-order valence-corrected chi connectivity index (χ0v) is 19.5. The van der Waals surface area contributed by atoms with E-state index >= 15 is 0 Å². The lowest BCUT2D eigenvalue weighted by molar-refractivity contribution is 0.102. The zero-order chi connectivity index (χ0) is 23.3. The molecule has 0 aliphatic rings. The van der Waals surface area contributed by atoms with E-state index in [1.54, 1.807) is 54.6 Å². The molecule has 2 N–H and O–H groups in total. The van der Waals surface area contributed by atoms with Crippen LogP contribution < -0.4 is 24.4 Å². The number of urea groups is 1. The number of anilines is 3. The van der Waals surface area contributed by atoms with E-state index in [0.29, 0.717) is 44.2 Å². The van der Waals surface area contributed by atoms with Gasteiger partial charge in [-0.2, -0.15) is 0 Å². The average molecular weight is 492 g/mol. The lowest BCUT2D eigenvalue weighted by Gasteiger charge is -2.19. The Labute approximate surface area is 200 Å². The summed E-state index contributed by atoms with van der Waals surface area (Å²) in [6.45, 7) is 0. The van der Waals surface area contributed by atoms with Crippen molar-refractivity contribution in [3.8, 4) is 11.5 Å². The van der Waals surface area contributed by atoms with E-state index in [2.05, 4.69) is 23.4 Å². The highest BCUT2D eigenvalue weighted by atomic mass is 35.5. The lowest BCUT2D eigenvalue weighted by atomic mass is 10.2. The van der Waals surface area contributed by atoms with Gasteiger partial charge in [0.15, 0.2) is 0 Å². The van der Waals surface area contributed by atoms with Crippen molar-refractivity contribution in [3.63, 3.8) is 0 Å². The number of halogens is 2. The number of carbonyl (C=O) groups is 2. The Bertz CT molecular complexity index is 1140. The Balaban J connectivity index is 1.70. The van der Waals surface area contributed by atoms with Crippen molar-refractivity contribution < 1.29 is 19.1 Å². The Hall–Kier alpha value is -3.07. The first kappa shape index (κ1) is 23.6. The van der Waals surface area contributed by atoms with Crippen molar-refractivity contribution >= 4 is 65.0 Å². The monoisotopic (exact) mass is 491 g/mol. The lowest BCUT2D eigenvalue weighted by Crippen LogP contribution is -2.27. The van der Waals surface area contributed by atoms with Gasteiger partial charge in [0.05, 0.1) is 41.2 Å². The smallest absolute Gasteiger partial charge is 0.336 e. The fraction of sp³-hybridized carbons (Fsp3) is 0.0909. The first-order valence-corrected chi connectivity index (χ1v) is 10.4. The normalized spacial score (nSPS) is 10.3. The molecule has 3 aromatic carbocycles. The van der Waals surface area contributed by atoms with Gasteiger partial charge in [-0.25, -0.2) is 9.10 Å². The third-order valence-electron chi connectivity index (χ3n) is 4.40. The molecule has 0 saturated carbocycles. The van der Waals surface area contributed by atoms with Crippen molar-refractivity contribution in [2.24, 2.45) is 0 Å². The van der Waals surface area contributed by atoms with Crippen LogP contribution in [0.3, 0.4) is 0 Å². The second-order valence-electron chi connectivity index (χ2n) is 6.41. The molecule has 0 aliphatic carbocycles. The molecule has 10 heteroatoms. The highest BCUT2D eigenvalue weighted by Gasteiger charge is 2.17. The fourth-order valence-electron chi connectivity index (χ4n) is 2.77. The summed E-state index contributed by atoms with van der Waals surface area (Å²) in [5.74, 6) is 0.449. The second kappa shape index (κ2) is 10.5. The van der Waals surface area contributed by atoms with Gasteiger partial charge in [-0.1, -0.05) is 48.1 Å². The molecule has 0 aliphatic heterocycles. The van der Waals surface area contributed by atoms with Crippen LogP contribution in [0.15, 0.2) is 60.7 Å². The quantitative estimate of drug-likeness (QED) is 0.361. The summed E-state index contributed by atoms with van der Waals surface area (Å²) in [6.07, 6.45) is 0. The molecule has 32 heavy (non-hydrogen) atoms. The third-order valence-corrected chi connectivity index (χ3v) is 5.43. The number of methoxy groups -OCH3 is 2. The van der Waals surface area contributed by atoms with Gasteiger partial charge in [0.25, 0.3) is 5.91 Å². The number of ether oxygens (including phenoxy) is 2. The molecule has 0 bridgehead atoms. The number of hydrogen-bond donors (Lipinski definition) is 3. The maximum absolute atomic E-state index is 12.7. The Morgan fingerprint density at radius 1 is 0.875 bits per heavy atom. The van der Waals surface area contributed by atoms with Crippen molar-refractivity contribution in [1.29, 1.82) is 0 Å². The summed E-state index contributed by atoms with van der Waals surface area (Å²) in [5.41, 5.74) is 1.72. The standard InChI is InChI=1S/C22H19Cl2N3O4S/c1-30-19-12-20(31-2)18(11-17(19)24)26-22(29)27(32)14-9-7-13(8-10-14)25-21(28)15-5-3-4-6-16(15)23/h3-12,32H,1-2H3,(H,25,28)(H,26,29). The van der Waals surface area contributed by atoms with Crippen LogP contribution in [0.25, 0.3) is 0 Å². The Morgan fingerprint density at radius 2 is 1.53 bits per heavy atom. The number of rotatable bonds is 6. The molecule has 3 aromatic rings. The molecule has 0 radical (unpaired) electrons. The summed E-state index contributed by atoms with van der Waals surface area (Å²) in [6, 6.07) is 15.8. The number of carbonyl (C=O) groups excluding carboxylic acids is 2. The topological polar surface area (TPSA) is 79.9 Å². The van der Waals surface area contributed by atoms with E-state index in [1.165, 1.54) is 20.3 Å². The average Bonchev–Trinajstić information content (AvgIpc) is 2.79. The summed E-state index contributed by atoms with van der Waals surface area (Å²) in [4.78, 5) is 25.0. The molecule has 7 nitrogen and oxygen atoms in total. The minimum absolute atomic E-state index is 0.313. The van der Waals surface area contributed by atoms with Crippen LogP contribution >= 0.6 is 36.0 Å². The highest BCUT2D eigenvalue weighted by Crippen LogP contribution is 2.36. The van der Waals surface area contributed by atoms with E-state index in [9.17, 15) is 9.59 Å². The maximum Gasteiger partial charge on any atom is 0.336 e. The predicted molar refractivity (Wildman–Crippen MR) is 131 cm³/mol. The number of benzene rings is 3.